The number of rotatable bonds is 4. The second-order valence-electron chi connectivity index (χ2n) is 4.97. The summed E-state index contributed by atoms with van der Waals surface area (Å²) in [4.78, 5) is 6.14. The Labute approximate surface area is 97.4 Å². The summed E-state index contributed by atoms with van der Waals surface area (Å²) in [7, 11) is 4.05. The van der Waals surface area contributed by atoms with Crippen molar-refractivity contribution in [3.63, 3.8) is 0 Å². The molecule has 1 rings (SSSR count). The van der Waals surface area contributed by atoms with Crippen molar-refractivity contribution in [1.29, 1.82) is 0 Å². The van der Waals surface area contributed by atoms with Crippen molar-refractivity contribution < 1.29 is 4.74 Å². The molecular formula is C12H21N3O. The summed E-state index contributed by atoms with van der Waals surface area (Å²) in [6.45, 7) is 6.93. The molecule has 0 fully saturated rings. The third-order valence-electron chi connectivity index (χ3n) is 2.17. The molecule has 0 unspecified atom stereocenters. The average Bonchev–Trinajstić information content (AvgIpc) is 2.07. The van der Waals surface area contributed by atoms with Gasteiger partial charge in [0.2, 0.25) is 0 Å². The molecule has 4 nitrogen and oxygen atoms in total. The number of nitrogens with zero attached hydrogens (tertiary/aromatic N) is 2. The number of hydrogen-bond acceptors (Lipinski definition) is 4. The summed E-state index contributed by atoms with van der Waals surface area (Å²) in [6, 6.07) is 1.82. The molecule has 1 aromatic heterocycles. The molecule has 16 heavy (non-hydrogen) atoms. The van der Waals surface area contributed by atoms with E-state index in [-0.39, 0.29) is 5.60 Å². The molecule has 1 aromatic rings. The van der Waals surface area contributed by atoms with E-state index in [4.69, 9.17) is 10.5 Å². The van der Waals surface area contributed by atoms with Crippen LogP contribution in [0.15, 0.2) is 12.3 Å². The van der Waals surface area contributed by atoms with Crippen molar-refractivity contribution in [3.8, 4) is 5.75 Å². The number of anilines is 1. The molecule has 0 aliphatic heterocycles. The highest BCUT2D eigenvalue weighted by Gasteiger charge is 2.21. The van der Waals surface area contributed by atoms with Crippen LogP contribution in [0.1, 0.15) is 19.4 Å². The Balaban J connectivity index is 2.79. The average molecular weight is 223 g/mol. The molecular weight excluding hydrogens is 202 g/mol. The lowest BCUT2D eigenvalue weighted by atomic mass is 10.1. The largest absolute Gasteiger partial charge is 0.485 e. The molecule has 4 heteroatoms. The fourth-order valence-electron chi connectivity index (χ4n) is 1.76. The fraction of sp³-hybridized carbons (Fsp3) is 0.583. The standard InChI is InChI=1S/C12H21N3O/c1-9-6-11(13)14-7-10(9)16-12(2,3)8-15(4)5/h6-7H,8H2,1-5H3,(H2,13,14). The zero-order valence-electron chi connectivity index (χ0n) is 10.7. The molecule has 0 spiro atoms. The highest BCUT2D eigenvalue weighted by Crippen LogP contribution is 2.23. The number of nitrogens with two attached hydrogens (primary N) is 1. The number of nitrogen functional groups attached to an aromatic ring is 1. The van der Waals surface area contributed by atoms with Crippen LogP contribution in [-0.2, 0) is 0 Å². The maximum absolute atomic E-state index is 5.94. The first kappa shape index (κ1) is 12.8. The van der Waals surface area contributed by atoms with Crippen molar-refractivity contribution in [1.82, 2.24) is 9.88 Å². The van der Waals surface area contributed by atoms with E-state index in [0.717, 1.165) is 17.9 Å². The second kappa shape index (κ2) is 4.70. The molecule has 0 aliphatic carbocycles. The van der Waals surface area contributed by atoms with Crippen molar-refractivity contribution in [2.45, 2.75) is 26.4 Å². The first-order chi connectivity index (χ1) is 7.30. The molecule has 0 radical (unpaired) electrons. The Morgan fingerprint density at radius 1 is 1.44 bits per heavy atom. The minimum atomic E-state index is -0.244. The predicted molar refractivity (Wildman–Crippen MR) is 66.6 cm³/mol. The van der Waals surface area contributed by atoms with Crippen LogP contribution in [-0.4, -0.2) is 36.1 Å². The quantitative estimate of drug-likeness (QED) is 0.844. The molecule has 1 heterocycles. The summed E-state index contributed by atoms with van der Waals surface area (Å²) in [5.41, 5.74) is 6.37. The van der Waals surface area contributed by atoms with Gasteiger partial charge < -0.3 is 15.4 Å². The van der Waals surface area contributed by atoms with Crippen LogP contribution in [0.5, 0.6) is 5.75 Å². The summed E-state index contributed by atoms with van der Waals surface area (Å²) in [5.74, 6) is 1.32. The lowest BCUT2D eigenvalue weighted by Crippen LogP contribution is -2.39. The molecule has 2 N–H and O–H groups in total. The summed E-state index contributed by atoms with van der Waals surface area (Å²) in [5, 5.41) is 0. The molecule has 0 amide bonds. The normalized spacial score (nSPS) is 11.9. The van der Waals surface area contributed by atoms with Gasteiger partial charge in [-0.1, -0.05) is 0 Å². The first-order valence-corrected chi connectivity index (χ1v) is 5.36. The number of aromatic nitrogens is 1. The van der Waals surface area contributed by atoms with Gasteiger partial charge in [0, 0.05) is 6.54 Å². The SMILES string of the molecule is Cc1cc(N)ncc1OC(C)(C)CN(C)C. The van der Waals surface area contributed by atoms with Crippen molar-refractivity contribution >= 4 is 5.82 Å². The minimum absolute atomic E-state index is 0.244. The van der Waals surface area contributed by atoms with E-state index >= 15 is 0 Å². The number of hydrogen-bond donors (Lipinski definition) is 1. The van der Waals surface area contributed by atoms with E-state index in [0.29, 0.717) is 5.82 Å². The Hall–Kier alpha value is -1.29. The van der Waals surface area contributed by atoms with E-state index < -0.39 is 0 Å². The molecule has 0 atom stereocenters. The Morgan fingerprint density at radius 3 is 2.56 bits per heavy atom. The predicted octanol–water partition coefficient (Wildman–Crippen LogP) is 1.69. The van der Waals surface area contributed by atoms with Crippen LogP contribution in [0.25, 0.3) is 0 Å². The van der Waals surface area contributed by atoms with Gasteiger partial charge in [-0.3, -0.25) is 0 Å². The lowest BCUT2D eigenvalue weighted by Gasteiger charge is -2.30. The topological polar surface area (TPSA) is 51.4 Å². The zero-order chi connectivity index (χ0) is 12.3. The molecule has 0 saturated heterocycles. The first-order valence-electron chi connectivity index (χ1n) is 5.36. The van der Waals surface area contributed by atoms with Gasteiger partial charge in [0.15, 0.2) is 0 Å². The van der Waals surface area contributed by atoms with Crippen LogP contribution in [0, 0.1) is 6.92 Å². The van der Waals surface area contributed by atoms with E-state index in [1.807, 2.05) is 27.1 Å². The maximum Gasteiger partial charge on any atom is 0.141 e. The van der Waals surface area contributed by atoms with Crippen LogP contribution in [0.3, 0.4) is 0 Å². The van der Waals surface area contributed by atoms with Crippen LogP contribution < -0.4 is 10.5 Å². The summed E-state index contributed by atoms with van der Waals surface area (Å²) >= 11 is 0. The van der Waals surface area contributed by atoms with Gasteiger partial charge >= 0.3 is 0 Å². The van der Waals surface area contributed by atoms with Gasteiger partial charge in [0.1, 0.15) is 17.2 Å². The highest BCUT2D eigenvalue weighted by atomic mass is 16.5. The molecule has 90 valence electrons. The smallest absolute Gasteiger partial charge is 0.141 e. The Bertz CT molecular complexity index is 361. The fourth-order valence-corrected chi connectivity index (χ4v) is 1.76. The molecule has 0 saturated carbocycles. The Kier molecular flexibility index (Phi) is 3.75. The summed E-state index contributed by atoms with van der Waals surface area (Å²) < 4.78 is 5.94. The van der Waals surface area contributed by atoms with E-state index in [9.17, 15) is 0 Å². The Morgan fingerprint density at radius 2 is 2.06 bits per heavy atom. The molecule has 0 aliphatic rings. The van der Waals surface area contributed by atoms with Crippen LogP contribution >= 0.6 is 0 Å². The van der Waals surface area contributed by atoms with Crippen LogP contribution in [0.2, 0.25) is 0 Å². The summed E-state index contributed by atoms with van der Waals surface area (Å²) in [6.07, 6.45) is 1.68. The van der Waals surface area contributed by atoms with E-state index in [2.05, 4.69) is 23.7 Å². The number of pyridine rings is 1. The van der Waals surface area contributed by atoms with Gasteiger partial charge in [-0.25, -0.2) is 4.98 Å². The van der Waals surface area contributed by atoms with Gasteiger partial charge in [0.05, 0.1) is 6.20 Å². The van der Waals surface area contributed by atoms with Crippen molar-refractivity contribution in [2.75, 3.05) is 26.4 Å². The third-order valence-corrected chi connectivity index (χ3v) is 2.17. The lowest BCUT2D eigenvalue weighted by molar-refractivity contribution is 0.0763. The number of likely N-dealkylation sites (N-methyl/N-ethyl adjacent to an activating group) is 1. The molecule has 0 bridgehead atoms. The number of aryl methyl sites for hydroxylation is 1. The highest BCUT2D eigenvalue weighted by molar-refractivity contribution is 5.40. The van der Waals surface area contributed by atoms with Gasteiger partial charge in [-0.2, -0.15) is 0 Å². The van der Waals surface area contributed by atoms with Crippen LogP contribution in [0.4, 0.5) is 5.82 Å². The second-order valence-corrected chi connectivity index (χ2v) is 4.97. The zero-order valence-corrected chi connectivity index (χ0v) is 10.7. The van der Waals surface area contributed by atoms with E-state index in [1.54, 1.807) is 6.20 Å². The van der Waals surface area contributed by atoms with Crippen molar-refractivity contribution in [3.05, 3.63) is 17.8 Å². The van der Waals surface area contributed by atoms with E-state index in [1.165, 1.54) is 0 Å². The van der Waals surface area contributed by atoms with Crippen molar-refractivity contribution in [2.24, 2.45) is 0 Å². The van der Waals surface area contributed by atoms with Gasteiger partial charge in [-0.15, -0.1) is 0 Å². The molecule has 0 aromatic carbocycles. The minimum Gasteiger partial charge on any atom is -0.485 e. The van der Waals surface area contributed by atoms with Gasteiger partial charge in [-0.05, 0) is 46.5 Å². The third kappa shape index (κ3) is 3.70. The van der Waals surface area contributed by atoms with Gasteiger partial charge in [0.25, 0.3) is 0 Å². The monoisotopic (exact) mass is 223 g/mol. The number of ether oxygens (including phenoxy) is 1. The maximum atomic E-state index is 5.94.